The Bertz CT molecular complexity index is 2060. The Hall–Kier alpha value is -5.04. The van der Waals surface area contributed by atoms with Gasteiger partial charge in [-0.25, -0.2) is 4.79 Å². The molecule has 0 bridgehead atoms. The van der Waals surface area contributed by atoms with Crippen molar-refractivity contribution < 1.29 is 37.0 Å². The number of rotatable bonds is 10. The SMILES string of the molecule is CC(C)(C)OC(=O)c1ccc(Cn2cc(C(=O)N3CC(COCc4cccc(-c5ccc(C(F)(F)F)cc5)n4)C4(C3)CN(C(=O)[C@H]3CC3(C)C)C4)cn2)cc1. The fraction of sp³-hybridized carbons (Fsp3) is 0.452. The lowest BCUT2D eigenvalue weighted by atomic mass is 9.71. The summed E-state index contributed by atoms with van der Waals surface area (Å²) in [4.78, 5) is 48.0. The van der Waals surface area contributed by atoms with Crippen molar-refractivity contribution in [3.63, 3.8) is 0 Å². The van der Waals surface area contributed by atoms with Gasteiger partial charge in [0.25, 0.3) is 5.91 Å². The number of ether oxygens (including phenoxy) is 2. The van der Waals surface area contributed by atoms with Crippen LogP contribution in [0.4, 0.5) is 13.2 Å². The van der Waals surface area contributed by atoms with Gasteiger partial charge in [0.2, 0.25) is 5.91 Å². The first-order valence-electron chi connectivity index (χ1n) is 18.5. The molecular weight excluding hydrogens is 711 g/mol. The van der Waals surface area contributed by atoms with Crippen molar-refractivity contribution in [3.05, 3.63) is 107 Å². The highest BCUT2D eigenvalue weighted by atomic mass is 19.4. The number of carbonyl (C=O) groups is 3. The summed E-state index contributed by atoms with van der Waals surface area (Å²) in [6, 6.07) is 17.4. The Morgan fingerprint density at radius 2 is 1.56 bits per heavy atom. The van der Waals surface area contributed by atoms with E-state index in [2.05, 4.69) is 23.9 Å². The van der Waals surface area contributed by atoms with E-state index in [4.69, 9.17) is 9.47 Å². The summed E-state index contributed by atoms with van der Waals surface area (Å²) in [6.45, 7) is 12.6. The van der Waals surface area contributed by atoms with Gasteiger partial charge in [-0.1, -0.05) is 44.2 Å². The Morgan fingerprint density at radius 1 is 0.891 bits per heavy atom. The summed E-state index contributed by atoms with van der Waals surface area (Å²) < 4.78 is 52.6. The molecule has 3 fully saturated rings. The maximum Gasteiger partial charge on any atom is 0.416 e. The molecule has 0 N–H and O–H groups in total. The number of pyridine rings is 1. The van der Waals surface area contributed by atoms with Crippen LogP contribution in [0.1, 0.15) is 78.6 Å². The van der Waals surface area contributed by atoms with Gasteiger partial charge in [0.05, 0.1) is 54.0 Å². The molecule has 7 rings (SSSR count). The largest absolute Gasteiger partial charge is 0.456 e. The third-order valence-corrected chi connectivity index (χ3v) is 10.9. The Morgan fingerprint density at radius 3 is 2.20 bits per heavy atom. The van der Waals surface area contributed by atoms with Crippen LogP contribution in [0.5, 0.6) is 0 Å². The Labute approximate surface area is 318 Å². The van der Waals surface area contributed by atoms with Crippen LogP contribution in [-0.2, 0) is 33.6 Å². The van der Waals surface area contributed by atoms with Gasteiger partial charge in [0, 0.05) is 55.2 Å². The first kappa shape index (κ1) is 38.2. The van der Waals surface area contributed by atoms with Crippen LogP contribution >= 0.6 is 0 Å². The second-order valence-corrected chi connectivity index (χ2v) is 16.9. The van der Waals surface area contributed by atoms with E-state index in [-0.39, 0.29) is 41.1 Å². The highest BCUT2D eigenvalue weighted by molar-refractivity contribution is 5.94. The van der Waals surface area contributed by atoms with Gasteiger partial charge < -0.3 is 19.3 Å². The molecule has 10 nitrogen and oxygen atoms in total. The number of nitrogens with zero attached hydrogens (tertiary/aromatic N) is 5. The molecule has 4 heterocycles. The van der Waals surface area contributed by atoms with Crippen molar-refractivity contribution in [1.82, 2.24) is 24.6 Å². The average Bonchev–Trinajstić information content (AvgIpc) is 3.40. The monoisotopic (exact) mass is 757 g/mol. The molecule has 2 aromatic heterocycles. The number of benzene rings is 2. The number of alkyl halides is 3. The van der Waals surface area contributed by atoms with Crippen molar-refractivity contribution in [2.75, 3.05) is 32.8 Å². The maximum atomic E-state index is 13.9. The summed E-state index contributed by atoms with van der Waals surface area (Å²) in [5.41, 5.74) is 1.95. The quantitative estimate of drug-likeness (QED) is 0.159. The molecule has 1 aliphatic carbocycles. The van der Waals surface area contributed by atoms with Crippen LogP contribution < -0.4 is 0 Å². The second kappa shape index (κ2) is 14.2. The van der Waals surface area contributed by atoms with Crippen molar-refractivity contribution in [2.24, 2.45) is 22.7 Å². The average molecular weight is 758 g/mol. The summed E-state index contributed by atoms with van der Waals surface area (Å²) in [7, 11) is 0. The van der Waals surface area contributed by atoms with Crippen molar-refractivity contribution in [3.8, 4) is 11.3 Å². The maximum absolute atomic E-state index is 13.9. The van der Waals surface area contributed by atoms with Crippen LogP contribution in [0.2, 0.25) is 0 Å². The Kier molecular flexibility index (Phi) is 9.89. The molecule has 2 aliphatic heterocycles. The topological polar surface area (TPSA) is 107 Å². The number of halogens is 3. The summed E-state index contributed by atoms with van der Waals surface area (Å²) >= 11 is 0. The van der Waals surface area contributed by atoms with E-state index in [9.17, 15) is 27.6 Å². The molecule has 0 radical (unpaired) electrons. The Balaban J connectivity index is 0.999. The molecule has 2 amide bonds. The molecule has 13 heteroatoms. The lowest BCUT2D eigenvalue weighted by molar-refractivity contribution is -0.148. The highest BCUT2D eigenvalue weighted by Crippen LogP contribution is 2.54. The van der Waals surface area contributed by atoms with E-state index in [0.29, 0.717) is 67.4 Å². The smallest absolute Gasteiger partial charge is 0.416 e. The number of hydrogen-bond donors (Lipinski definition) is 0. The van der Waals surface area contributed by atoms with Crippen molar-refractivity contribution in [1.29, 1.82) is 0 Å². The highest BCUT2D eigenvalue weighted by Gasteiger charge is 2.60. The molecule has 55 heavy (non-hydrogen) atoms. The van der Waals surface area contributed by atoms with Gasteiger partial charge in [-0.15, -0.1) is 0 Å². The molecule has 2 atom stereocenters. The minimum atomic E-state index is -4.42. The molecular formula is C42H46F3N5O5. The van der Waals surface area contributed by atoms with E-state index >= 15 is 0 Å². The fourth-order valence-electron chi connectivity index (χ4n) is 7.62. The van der Waals surface area contributed by atoms with Gasteiger partial charge in [-0.2, -0.15) is 18.3 Å². The van der Waals surface area contributed by atoms with E-state index in [1.54, 1.807) is 41.3 Å². The molecule has 2 aromatic carbocycles. The first-order valence-corrected chi connectivity index (χ1v) is 18.5. The number of esters is 1. The van der Waals surface area contributed by atoms with Crippen molar-refractivity contribution in [2.45, 2.75) is 66.0 Å². The van der Waals surface area contributed by atoms with E-state index in [1.165, 1.54) is 12.1 Å². The van der Waals surface area contributed by atoms with Gasteiger partial charge >= 0.3 is 12.1 Å². The lowest BCUT2D eigenvalue weighted by Gasteiger charge is -2.51. The summed E-state index contributed by atoms with van der Waals surface area (Å²) in [6.07, 6.45) is -0.249. The number of carbonyl (C=O) groups excluding carboxylic acids is 3. The first-order chi connectivity index (χ1) is 25.9. The van der Waals surface area contributed by atoms with Gasteiger partial charge in [-0.3, -0.25) is 19.3 Å². The van der Waals surface area contributed by atoms with Crippen LogP contribution in [0.15, 0.2) is 79.1 Å². The van der Waals surface area contributed by atoms with Crippen LogP contribution in [0.3, 0.4) is 0 Å². The molecule has 4 aromatic rings. The zero-order chi connectivity index (χ0) is 39.3. The normalized spacial score (nSPS) is 20.0. The fourth-order valence-corrected chi connectivity index (χ4v) is 7.62. The van der Waals surface area contributed by atoms with Gasteiger partial charge in [-0.05, 0) is 74.6 Å². The third kappa shape index (κ3) is 8.46. The van der Waals surface area contributed by atoms with Crippen LogP contribution in [-0.4, -0.2) is 80.7 Å². The number of likely N-dealkylation sites (tertiary alicyclic amines) is 2. The lowest BCUT2D eigenvalue weighted by Crippen LogP contribution is -2.63. The molecule has 3 aliphatic rings. The summed E-state index contributed by atoms with van der Waals surface area (Å²) in [5, 5.41) is 4.44. The molecule has 290 valence electrons. The molecule has 1 unspecified atom stereocenters. The predicted molar refractivity (Wildman–Crippen MR) is 198 cm³/mol. The third-order valence-electron chi connectivity index (χ3n) is 10.9. The van der Waals surface area contributed by atoms with Crippen LogP contribution in [0.25, 0.3) is 11.3 Å². The molecule has 2 saturated heterocycles. The van der Waals surface area contributed by atoms with E-state index in [0.717, 1.165) is 24.1 Å². The van der Waals surface area contributed by atoms with E-state index in [1.807, 2.05) is 48.8 Å². The number of amides is 2. The van der Waals surface area contributed by atoms with Crippen LogP contribution in [0, 0.1) is 22.7 Å². The molecule has 1 spiro atoms. The zero-order valence-corrected chi connectivity index (χ0v) is 31.7. The minimum Gasteiger partial charge on any atom is -0.456 e. The minimum absolute atomic E-state index is 0.0161. The molecule has 1 saturated carbocycles. The van der Waals surface area contributed by atoms with E-state index < -0.39 is 23.3 Å². The zero-order valence-electron chi connectivity index (χ0n) is 31.7. The standard InChI is InChI=1S/C42H46F3N5O5/c1-39(2,3)55-38(53)29-11-9-27(10-12-29)19-50-20-30(18-46-50)36(51)48-21-32(41(24-48)25-49(26-41)37(52)34-17-40(34,4)5)22-54-23-33-7-6-8-35(47-33)28-13-15-31(16-14-28)42(43,44)45/h6-16,18,20,32,34H,17,19,21-26H2,1-5H3/t32?,34-/m1/s1. The van der Waals surface area contributed by atoms with Gasteiger partial charge in [0.1, 0.15) is 5.60 Å². The number of aromatic nitrogens is 3. The van der Waals surface area contributed by atoms with Crippen molar-refractivity contribution >= 4 is 17.8 Å². The predicted octanol–water partition coefficient (Wildman–Crippen LogP) is 7.13. The number of hydrogen-bond acceptors (Lipinski definition) is 7. The van der Waals surface area contributed by atoms with Gasteiger partial charge in [0.15, 0.2) is 0 Å². The summed E-state index contributed by atoms with van der Waals surface area (Å²) in [5.74, 6) is -0.376. The second-order valence-electron chi connectivity index (χ2n) is 16.9.